The largest absolute Gasteiger partial charge is 0.467 e. The predicted octanol–water partition coefficient (Wildman–Crippen LogP) is 7.04. The highest BCUT2D eigenvalue weighted by Crippen LogP contribution is 2.42. The number of methoxy groups -OCH3 is 1. The number of benzene rings is 5. The van der Waals surface area contributed by atoms with Gasteiger partial charge in [0.1, 0.15) is 6.04 Å². The number of ether oxygens (including phenoxy) is 3. The highest BCUT2D eigenvalue weighted by molar-refractivity contribution is 5.83. The average Bonchev–Trinajstić information content (AvgIpc) is 3.27. The number of urea groups is 1. The first-order chi connectivity index (χ1) is 28.3. The van der Waals surface area contributed by atoms with Gasteiger partial charge in [-0.2, -0.15) is 0 Å². The molecule has 5 unspecified atom stereocenters. The summed E-state index contributed by atoms with van der Waals surface area (Å²) in [5, 5.41) is 15.4. The van der Waals surface area contributed by atoms with Crippen molar-refractivity contribution in [3.8, 4) is 11.1 Å². The summed E-state index contributed by atoms with van der Waals surface area (Å²) < 4.78 is 18.7. The summed E-state index contributed by atoms with van der Waals surface area (Å²) in [6, 6.07) is 43.3. The molecule has 10 nitrogen and oxygen atoms in total. The maximum absolute atomic E-state index is 13.0. The molecule has 2 heterocycles. The molecular weight excluding hydrogens is 729 g/mol. The first kappa shape index (κ1) is 40.8. The van der Waals surface area contributed by atoms with Gasteiger partial charge in [-0.15, -0.1) is 0 Å². The van der Waals surface area contributed by atoms with Crippen LogP contribution in [-0.4, -0.2) is 78.9 Å². The second-order valence-electron chi connectivity index (χ2n) is 15.3. The third-order valence-electron chi connectivity index (χ3n) is 11.2. The summed E-state index contributed by atoms with van der Waals surface area (Å²) in [6.07, 6.45) is -0.538. The number of carbonyl (C=O) groups excluding carboxylic acids is 2. The van der Waals surface area contributed by atoms with Crippen molar-refractivity contribution in [2.45, 2.75) is 57.6 Å². The zero-order chi connectivity index (χ0) is 40.3. The van der Waals surface area contributed by atoms with Crippen LogP contribution in [0.25, 0.3) is 11.1 Å². The molecule has 0 spiro atoms. The number of carbonyl (C=O) groups is 2. The number of esters is 1. The van der Waals surface area contributed by atoms with Gasteiger partial charge in [0, 0.05) is 63.7 Å². The van der Waals surface area contributed by atoms with Crippen LogP contribution in [0.2, 0.25) is 0 Å². The molecule has 2 aliphatic rings. The van der Waals surface area contributed by atoms with Crippen LogP contribution >= 0.6 is 0 Å². The van der Waals surface area contributed by atoms with Crippen molar-refractivity contribution >= 4 is 12.0 Å². The maximum Gasteiger partial charge on any atom is 0.328 e. The first-order valence-corrected chi connectivity index (χ1v) is 20.2. The molecular formula is C48H54N4O6. The molecule has 2 amide bonds. The van der Waals surface area contributed by atoms with Crippen molar-refractivity contribution in [1.82, 2.24) is 20.4 Å². The van der Waals surface area contributed by atoms with Crippen LogP contribution in [0.4, 0.5) is 4.79 Å². The van der Waals surface area contributed by atoms with Gasteiger partial charge in [-0.25, -0.2) is 9.59 Å². The number of aliphatic hydroxyl groups excluding tert-OH is 1. The Morgan fingerprint density at radius 2 is 1.36 bits per heavy atom. The molecule has 2 fully saturated rings. The number of hydrogen-bond acceptors (Lipinski definition) is 8. The van der Waals surface area contributed by atoms with Crippen molar-refractivity contribution in [2.24, 2.45) is 5.92 Å². The van der Waals surface area contributed by atoms with Crippen molar-refractivity contribution < 1.29 is 28.9 Å². The van der Waals surface area contributed by atoms with Crippen molar-refractivity contribution in [1.29, 1.82) is 0 Å². The van der Waals surface area contributed by atoms with Crippen LogP contribution in [0.5, 0.6) is 0 Å². The fourth-order valence-electron chi connectivity index (χ4n) is 7.86. The van der Waals surface area contributed by atoms with E-state index in [0.29, 0.717) is 6.42 Å². The van der Waals surface area contributed by atoms with E-state index < -0.39 is 24.3 Å². The van der Waals surface area contributed by atoms with Crippen molar-refractivity contribution in [2.75, 3.05) is 39.8 Å². The Kier molecular flexibility index (Phi) is 14.0. The molecule has 5 aromatic carbocycles. The minimum atomic E-state index is -0.817. The highest BCUT2D eigenvalue weighted by Gasteiger charge is 2.39. The SMILES string of the molecule is COC(=O)C(Cc1ccccc1)NC(=O)NCc1cccc(-c2cccc(C3OC(CN4CCN(Cc5ccccc5)CC4)C(C)C(c4ccc(CO)cc4)O3)c2)c1. The van der Waals surface area contributed by atoms with E-state index in [-0.39, 0.29) is 31.3 Å². The minimum Gasteiger partial charge on any atom is -0.467 e. The summed E-state index contributed by atoms with van der Waals surface area (Å²) in [5.74, 6) is -0.416. The lowest BCUT2D eigenvalue weighted by atomic mass is 9.89. The van der Waals surface area contributed by atoms with Crippen LogP contribution in [0.15, 0.2) is 133 Å². The molecule has 5 atom stereocenters. The van der Waals surface area contributed by atoms with Gasteiger partial charge in [-0.3, -0.25) is 9.80 Å². The molecule has 7 rings (SSSR count). The Bertz CT molecular complexity index is 2070. The molecule has 0 saturated carbocycles. The lowest BCUT2D eigenvalue weighted by Crippen LogP contribution is -2.51. The number of hydrogen-bond donors (Lipinski definition) is 3. The van der Waals surface area contributed by atoms with Crippen LogP contribution in [-0.2, 0) is 45.1 Å². The summed E-state index contributed by atoms with van der Waals surface area (Å²) in [7, 11) is 1.32. The Hall–Kier alpha value is -5.36. The molecule has 10 heteroatoms. The van der Waals surface area contributed by atoms with Gasteiger partial charge in [0.2, 0.25) is 0 Å². The second-order valence-corrected chi connectivity index (χ2v) is 15.3. The number of amides is 2. The lowest BCUT2D eigenvalue weighted by Gasteiger charge is -2.44. The van der Waals surface area contributed by atoms with E-state index in [4.69, 9.17) is 14.2 Å². The lowest BCUT2D eigenvalue weighted by molar-refractivity contribution is -0.276. The van der Waals surface area contributed by atoms with Gasteiger partial charge in [0.05, 0.1) is 25.9 Å². The van der Waals surface area contributed by atoms with E-state index in [9.17, 15) is 14.7 Å². The van der Waals surface area contributed by atoms with Crippen LogP contribution in [0.3, 0.4) is 0 Å². The van der Waals surface area contributed by atoms with Gasteiger partial charge in [-0.1, -0.05) is 128 Å². The Morgan fingerprint density at radius 3 is 2.05 bits per heavy atom. The topological polar surface area (TPSA) is 113 Å². The van der Waals surface area contributed by atoms with Gasteiger partial charge in [0.15, 0.2) is 6.29 Å². The third-order valence-corrected chi connectivity index (χ3v) is 11.2. The van der Waals surface area contributed by atoms with E-state index in [1.165, 1.54) is 12.7 Å². The zero-order valence-electron chi connectivity index (χ0n) is 33.3. The molecule has 58 heavy (non-hydrogen) atoms. The fourth-order valence-corrected chi connectivity index (χ4v) is 7.86. The molecule has 0 radical (unpaired) electrons. The Balaban J connectivity index is 1.03. The first-order valence-electron chi connectivity index (χ1n) is 20.2. The average molecular weight is 783 g/mol. The number of rotatable bonds is 14. The van der Waals surface area contributed by atoms with Crippen LogP contribution in [0, 0.1) is 5.92 Å². The zero-order valence-corrected chi connectivity index (χ0v) is 33.3. The Morgan fingerprint density at radius 1 is 0.724 bits per heavy atom. The number of aliphatic hydroxyl groups is 1. The van der Waals surface area contributed by atoms with Crippen molar-refractivity contribution in [3.05, 3.63) is 167 Å². The molecule has 2 saturated heterocycles. The number of nitrogens with zero attached hydrogens (tertiary/aromatic N) is 2. The van der Waals surface area contributed by atoms with Crippen molar-refractivity contribution in [3.63, 3.8) is 0 Å². The number of nitrogens with one attached hydrogen (secondary N) is 2. The second kappa shape index (κ2) is 19.9. The third kappa shape index (κ3) is 10.8. The van der Waals surface area contributed by atoms with Crippen LogP contribution in [0.1, 0.15) is 52.7 Å². The fraction of sp³-hybridized carbons (Fsp3) is 0.333. The summed E-state index contributed by atoms with van der Waals surface area (Å²) in [5.41, 5.74) is 8.01. The van der Waals surface area contributed by atoms with E-state index in [1.807, 2.05) is 66.7 Å². The molecule has 3 N–H and O–H groups in total. The van der Waals surface area contributed by atoms with E-state index in [2.05, 4.69) is 94.1 Å². The molecule has 0 bridgehead atoms. The van der Waals surface area contributed by atoms with Crippen LogP contribution < -0.4 is 10.6 Å². The summed E-state index contributed by atoms with van der Waals surface area (Å²) in [4.78, 5) is 30.5. The van der Waals surface area contributed by atoms with Gasteiger partial charge < -0.3 is 30.0 Å². The summed E-state index contributed by atoms with van der Waals surface area (Å²) >= 11 is 0. The molecule has 2 aliphatic heterocycles. The number of piperazine rings is 1. The Labute approximate surface area is 341 Å². The van der Waals surface area contributed by atoms with E-state index in [1.54, 1.807) is 0 Å². The maximum atomic E-state index is 13.0. The molecule has 5 aromatic rings. The normalized spacial score (nSPS) is 20.5. The van der Waals surface area contributed by atoms with Gasteiger partial charge in [0.25, 0.3) is 0 Å². The standard InChI is InChI=1S/C48H54N4O6/c1-34-44(32-52-25-23-51(24-26-52)31-36-13-7-4-8-14-36)57-47(58-45(34)39-21-19-37(33-53)20-22-39)42-18-10-17-41(29-42)40-16-9-15-38(27-40)30-49-48(55)50-43(46(54)56-2)28-35-11-5-3-6-12-35/h3-22,27,29,34,43-45,47,53H,23-26,28,30-33H2,1-2H3,(H2,49,50,55). The highest BCUT2D eigenvalue weighted by atomic mass is 16.7. The van der Waals surface area contributed by atoms with Gasteiger partial charge >= 0.3 is 12.0 Å². The quantitative estimate of drug-likeness (QED) is 0.103. The van der Waals surface area contributed by atoms with Gasteiger partial charge in [-0.05, 0) is 51.1 Å². The van der Waals surface area contributed by atoms with E-state index in [0.717, 1.165) is 78.2 Å². The monoisotopic (exact) mass is 782 g/mol. The summed E-state index contributed by atoms with van der Waals surface area (Å²) in [6.45, 7) is 8.21. The van der Waals surface area contributed by atoms with E-state index >= 15 is 0 Å². The molecule has 302 valence electrons. The smallest absolute Gasteiger partial charge is 0.328 e. The minimum absolute atomic E-state index is 0.00611. The molecule has 0 aliphatic carbocycles. The molecule has 0 aromatic heterocycles. The predicted molar refractivity (Wildman–Crippen MR) is 224 cm³/mol.